The summed E-state index contributed by atoms with van der Waals surface area (Å²) in [5.74, 6) is 0.453. The molecule has 2 heterocycles. The van der Waals surface area contributed by atoms with Gasteiger partial charge in [0.05, 0.1) is 5.25 Å². The van der Waals surface area contributed by atoms with Crippen molar-refractivity contribution in [2.75, 3.05) is 32.8 Å². The van der Waals surface area contributed by atoms with Crippen molar-refractivity contribution in [3.8, 4) is 0 Å². The molecular weight excluding hydrogens is 228 g/mol. The lowest BCUT2D eigenvalue weighted by Crippen LogP contribution is -2.40. The molecule has 1 atom stereocenters. The standard InChI is InChI=1S/C10H20N2O3S/c13-16(14,10-2-5-15-6-3-10)12-8-9-1-4-11-7-9/h9-12H,1-8H2. The van der Waals surface area contributed by atoms with Crippen LogP contribution in [0.15, 0.2) is 0 Å². The summed E-state index contributed by atoms with van der Waals surface area (Å²) in [6.45, 7) is 3.64. The largest absolute Gasteiger partial charge is 0.381 e. The van der Waals surface area contributed by atoms with E-state index in [0.29, 0.717) is 38.5 Å². The molecule has 2 N–H and O–H groups in total. The predicted octanol–water partition coefficient (Wildman–Crippen LogP) is -0.306. The van der Waals surface area contributed by atoms with Crippen LogP contribution < -0.4 is 10.0 Å². The molecule has 0 aromatic rings. The molecule has 0 radical (unpaired) electrons. The van der Waals surface area contributed by atoms with Gasteiger partial charge in [-0.1, -0.05) is 0 Å². The Hall–Kier alpha value is -0.170. The van der Waals surface area contributed by atoms with Crippen LogP contribution in [-0.2, 0) is 14.8 Å². The monoisotopic (exact) mass is 248 g/mol. The third-order valence-electron chi connectivity index (χ3n) is 3.34. The van der Waals surface area contributed by atoms with E-state index in [1.165, 1.54) is 0 Å². The normalized spacial score (nSPS) is 28.4. The SMILES string of the molecule is O=S(=O)(NCC1CCNC1)C1CCOCC1. The topological polar surface area (TPSA) is 67.4 Å². The molecule has 2 saturated heterocycles. The summed E-state index contributed by atoms with van der Waals surface area (Å²) < 4.78 is 31.8. The third-order valence-corrected chi connectivity index (χ3v) is 5.26. The number of ether oxygens (including phenoxy) is 1. The van der Waals surface area contributed by atoms with Crippen molar-refractivity contribution in [1.82, 2.24) is 10.0 Å². The molecular formula is C10H20N2O3S. The van der Waals surface area contributed by atoms with E-state index in [1.807, 2.05) is 0 Å². The number of sulfonamides is 1. The average Bonchev–Trinajstić information content (AvgIpc) is 2.81. The first-order valence-corrected chi connectivity index (χ1v) is 7.50. The molecule has 2 fully saturated rings. The molecule has 2 aliphatic heterocycles. The highest BCUT2D eigenvalue weighted by molar-refractivity contribution is 7.90. The maximum absolute atomic E-state index is 12.0. The summed E-state index contributed by atoms with van der Waals surface area (Å²) in [6.07, 6.45) is 2.31. The van der Waals surface area contributed by atoms with Crippen molar-refractivity contribution in [2.45, 2.75) is 24.5 Å². The molecule has 0 spiro atoms. The zero-order valence-electron chi connectivity index (χ0n) is 9.44. The van der Waals surface area contributed by atoms with E-state index in [4.69, 9.17) is 4.74 Å². The lowest BCUT2D eigenvalue weighted by molar-refractivity contribution is 0.0981. The van der Waals surface area contributed by atoms with Crippen LogP contribution in [0.25, 0.3) is 0 Å². The first-order valence-electron chi connectivity index (χ1n) is 5.95. The fraction of sp³-hybridized carbons (Fsp3) is 1.00. The summed E-state index contributed by atoms with van der Waals surface area (Å²) >= 11 is 0. The molecule has 2 rings (SSSR count). The second-order valence-electron chi connectivity index (χ2n) is 4.56. The molecule has 0 aromatic heterocycles. The first kappa shape index (κ1) is 12.3. The van der Waals surface area contributed by atoms with Crippen LogP contribution in [0, 0.1) is 5.92 Å². The van der Waals surface area contributed by atoms with Crippen LogP contribution >= 0.6 is 0 Å². The Morgan fingerprint density at radius 1 is 1.25 bits per heavy atom. The molecule has 1 unspecified atom stereocenters. The molecule has 5 nitrogen and oxygen atoms in total. The van der Waals surface area contributed by atoms with Gasteiger partial charge in [-0.25, -0.2) is 13.1 Å². The fourth-order valence-corrected chi connectivity index (χ4v) is 3.74. The van der Waals surface area contributed by atoms with Crippen molar-refractivity contribution in [3.63, 3.8) is 0 Å². The second kappa shape index (κ2) is 5.44. The highest BCUT2D eigenvalue weighted by Gasteiger charge is 2.28. The van der Waals surface area contributed by atoms with Gasteiger partial charge in [-0.05, 0) is 38.3 Å². The van der Waals surface area contributed by atoms with Gasteiger partial charge >= 0.3 is 0 Å². The van der Waals surface area contributed by atoms with E-state index in [0.717, 1.165) is 19.5 Å². The number of rotatable bonds is 4. The molecule has 0 amide bonds. The number of nitrogens with one attached hydrogen (secondary N) is 2. The smallest absolute Gasteiger partial charge is 0.214 e. The Morgan fingerprint density at radius 2 is 2.00 bits per heavy atom. The first-order chi connectivity index (χ1) is 7.68. The minimum Gasteiger partial charge on any atom is -0.381 e. The highest BCUT2D eigenvalue weighted by Crippen LogP contribution is 2.15. The van der Waals surface area contributed by atoms with Gasteiger partial charge in [0, 0.05) is 19.8 Å². The average molecular weight is 248 g/mol. The summed E-state index contributed by atoms with van der Waals surface area (Å²) in [7, 11) is -3.13. The van der Waals surface area contributed by atoms with Gasteiger partial charge in [0.25, 0.3) is 0 Å². The van der Waals surface area contributed by atoms with E-state index < -0.39 is 10.0 Å². The zero-order chi connectivity index (χ0) is 11.4. The van der Waals surface area contributed by atoms with Gasteiger partial charge < -0.3 is 10.1 Å². The minimum atomic E-state index is -3.13. The third kappa shape index (κ3) is 3.16. The molecule has 0 aliphatic carbocycles. The maximum atomic E-state index is 12.0. The Bertz CT molecular complexity index is 306. The van der Waals surface area contributed by atoms with Crippen LogP contribution in [-0.4, -0.2) is 46.5 Å². The van der Waals surface area contributed by atoms with Crippen LogP contribution in [0.4, 0.5) is 0 Å². The van der Waals surface area contributed by atoms with E-state index in [1.54, 1.807) is 0 Å². The van der Waals surface area contributed by atoms with Crippen molar-refractivity contribution in [1.29, 1.82) is 0 Å². The van der Waals surface area contributed by atoms with Crippen molar-refractivity contribution in [3.05, 3.63) is 0 Å². The van der Waals surface area contributed by atoms with E-state index in [-0.39, 0.29) is 5.25 Å². The molecule has 0 saturated carbocycles. The van der Waals surface area contributed by atoms with Crippen LogP contribution in [0.1, 0.15) is 19.3 Å². The molecule has 0 aromatic carbocycles. The van der Waals surface area contributed by atoms with Gasteiger partial charge in [-0.15, -0.1) is 0 Å². The minimum absolute atomic E-state index is 0.254. The Morgan fingerprint density at radius 3 is 2.62 bits per heavy atom. The molecule has 94 valence electrons. The van der Waals surface area contributed by atoms with Gasteiger partial charge in [-0.2, -0.15) is 0 Å². The van der Waals surface area contributed by atoms with Crippen LogP contribution in [0.5, 0.6) is 0 Å². The Balaban J connectivity index is 1.81. The van der Waals surface area contributed by atoms with E-state index >= 15 is 0 Å². The van der Waals surface area contributed by atoms with Crippen molar-refractivity contribution in [2.24, 2.45) is 5.92 Å². The Labute approximate surface area is 97.0 Å². The Kier molecular flexibility index (Phi) is 4.18. The number of hydrogen-bond acceptors (Lipinski definition) is 4. The maximum Gasteiger partial charge on any atom is 0.214 e. The van der Waals surface area contributed by atoms with Gasteiger partial charge in [0.15, 0.2) is 0 Å². The molecule has 0 bridgehead atoms. The molecule has 16 heavy (non-hydrogen) atoms. The molecule has 2 aliphatic rings. The molecule has 6 heteroatoms. The van der Waals surface area contributed by atoms with E-state index in [9.17, 15) is 8.42 Å². The summed E-state index contributed by atoms with van der Waals surface area (Å²) in [5.41, 5.74) is 0. The quantitative estimate of drug-likeness (QED) is 0.716. The highest BCUT2D eigenvalue weighted by atomic mass is 32.2. The van der Waals surface area contributed by atoms with Crippen molar-refractivity contribution < 1.29 is 13.2 Å². The lowest BCUT2D eigenvalue weighted by Gasteiger charge is -2.23. The van der Waals surface area contributed by atoms with Gasteiger partial charge in [-0.3, -0.25) is 0 Å². The second-order valence-corrected chi connectivity index (χ2v) is 6.61. The summed E-state index contributed by atoms with van der Waals surface area (Å²) in [4.78, 5) is 0. The van der Waals surface area contributed by atoms with Crippen LogP contribution in [0.3, 0.4) is 0 Å². The van der Waals surface area contributed by atoms with E-state index in [2.05, 4.69) is 10.0 Å². The number of hydrogen-bond donors (Lipinski definition) is 2. The van der Waals surface area contributed by atoms with Gasteiger partial charge in [0.1, 0.15) is 0 Å². The van der Waals surface area contributed by atoms with Crippen LogP contribution in [0.2, 0.25) is 0 Å². The van der Waals surface area contributed by atoms with Crippen molar-refractivity contribution >= 4 is 10.0 Å². The summed E-state index contributed by atoms with van der Waals surface area (Å²) in [5, 5.41) is 2.98. The lowest BCUT2D eigenvalue weighted by atomic mass is 10.1. The summed E-state index contributed by atoms with van der Waals surface area (Å²) in [6, 6.07) is 0. The zero-order valence-corrected chi connectivity index (χ0v) is 10.3. The predicted molar refractivity (Wildman–Crippen MR) is 61.7 cm³/mol. The van der Waals surface area contributed by atoms with Gasteiger partial charge in [0.2, 0.25) is 10.0 Å². The fourth-order valence-electron chi connectivity index (χ4n) is 2.23.